The normalized spacial score (nSPS) is 16.1. The Morgan fingerprint density at radius 2 is 1.50 bits per heavy atom. The van der Waals surface area contributed by atoms with Gasteiger partial charge in [-0.25, -0.2) is 0 Å². The third-order valence-electron chi connectivity index (χ3n) is 11.7. The molecule has 1 aliphatic heterocycles. The Morgan fingerprint density at radius 3 is 2.13 bits per heavy atom. The van der Waals surface area contributed by atoms with Crippen molar-refractivity contribution < 1.29 is 43.1 Å². The smallest absolute Gasteiger partial charge is 0.252 e. The van der Waals surface area contributed by atoms with E-state index in [1.807, 2.05) is 65.8 Å². The van der Waals surface area contributed by atoms with Gasteiger partial charge in [0.1, 0.15) is 29.5 Å². The number of nitrogens with zero attached hydrogens (tertiary/aromatic N) is 2. The van der Waals surface area contributed by atoms with Crippen LogP contribution in [0.3, 0.4) is 0 Å². The number of nitrogens with two attached hydrogens (primary N) is 2. The van der Waals surface area contributed by atoms with Crippen LogP contribution in [0, 0.1) is 5.92 Å². The minimum absolute atomic E-state index is 0.0474. The summed E-state index contributed by atoms with van der Waals surface area (Å²) >= 11 is 0. The predicted octanol–water partition coefficient (Wildman–Crippen LogP) is 3.64. The van der Waals surface area contributed by atoms with Crippen molar-refractivity contribution in [3.8, 4) is 5.75 Å². The average Bonchev–Trinajstić information content (AvgIpc) is 3.79. The Bertz CT molecular complexity index is 2340. The zero-order valence-electron chi connectivity index (χ0n) is 40.3. The second-order valence-corrected chi connectivity index (χ2v) is 19.0. The van der Waals surface area contributed by atoms with E-state index in [1.165, 1.54) is 11.8 Å². The molecule has 17 heteroatoms. The van der Waals surface area contributed by atoms with E-state index in [-0.39, 0.29) is 86.0 Å². The van der Waals surface area contributed by atoms with Crippen molar-refractivity contribution in [2.45, 2.75) is 129 Å². The number of ketones is 2. The van der Waals surface area contributed by atoms with Crippen LogP contribution in [0.4, 0.5) is 5.69 Å². The fraction of sp³-hybridized carbons (Fsp3) is 0.490. The monoisotopic (exact) mass is 937 g/mol. The number of fused-ring (bicyclic) bond motifs is 2. The van der Waals surface area contributed by atoms with Gasteiger partial charge in [0.05, 0.1) is 24.2 Å². The topological polar surface area (TPSA) is 252 Å². The van der Waals surface area contributed by atoms with Crippen LogP contribution < -0.4 is 37.5 Å². The third-order valence-corrected chi connectivity index (χ3v) is 11.7. The lowest BCUT2D eigenvalue weighted by Gasteiger charge is -2.33. The van der Waals surface area contributed by atoms with Gasteiger partial charge in [-0.3, -0.25) is 43.3 Å². The van der Waals surface area contributed by atoms with Crippen molar-refractivity contribution in [2.75, 3.05) is 31.5 Å². The molecule has 17 nitrogen and oxygen atoms in total. The zero-order valence-corrected chi connectivity index (χ0v) is 40.3. The van der Waals surface area contributed by atoms with Gasteiger partial charge in [-0.15, -0.1) is 0 Å². The Morgan fingerprint density at radius 1 is 0.838 bits per heavy atom. The summed E-state index contributed by atoms with van der Waals surface area (Å²) in [5.41, 5.74) is 14.4. The van der Waals surface area contributed by atoms with Gasteiger partial charge < -0.3 is 42.4 Å². The molecular formula is C51H68N8O9. The van der Waals surface area contributed by atoms with Crippen molar-refractivity contribution in [3.05, 3.63) is 94.5 Å². The lowest BCUT2D eigenvalue weighted by molar-refractivity contribution is -0.152. The van der Waals surface area contributed by atoms with Crippen LogP contribution in [0.25, 0.3) is 0 Å². The van der Waals surface area contributed by atoms with E-state index < -0.39 is 72.2 Å². The number of benzene rings is 3. The summed E-state index contributed by atoms with van der Waals surface area (Å²) in [5, 5.41) is 11.3. The van der Waals surface area contributed by atoms with E-state index in [0.29, 0.717) is 35.4 Å². The summed E-state index contributed by atoms with van der Waals surface area (Å²) < 4.78 is 5.86. The largest absolute Gasteiger partial charge is 0.488 e. The van der Waals surface area contributed by atoms with E-state index in [1.54, 1.807) is 42.5 Å². The van der Waals surface area contributed by atoms with E-state index in [2.05, 4.69) is 21.3 Å². The summed E-state index contributed by atoms with van der Waals surface area (Å²) in [6, 6.07) is 13.9. The highest BCUT2D eigenvalue weighted by Gasteiger charge is 2.41. The molecule has 6 amide bonds. The van der Waals surface area contributed by atoms with Crippen molar-refractivity contribution in [2.24, 2.45) is 17.4 Å². The Kier molecular flexibility index (Phi) is 18.2. The molecule has 0 spiro atoms. The minimum atomic E-state index is -1.05. The van der Waals surface area contributed by atoms with Gasteiger partial charge in [-0.05, 0) is 95.9 Å². The number of imide groups is 1. The van der Waals surface area contributed by atoms with Crippen LogP contribution in [0.1, 0.15) is 124 Å². The van der Waals surface area contributed by atoms with Crippen LogP contribution in [-0.2, 0) is 35.2 Å². The number of ether oxygens (including phenoxy) is 1. The van der Waals surface area contributed by atoms with Crippen LogP contribution in [0.2, 0.25) is 0 Å². The van der Waals surface area contributed by atoms with Crippen molar-refractivity contribution in [1.82, 2.24) is 25.8 Å². The highest BCUT2D eigenvalue weighted by Crippen LogP contribution is 2.32. The number of hydrogen-bond donors (Lipinski definition) is 6. The molecule has 3 aromatic rings. The maximum atomic E-state index is 14.3. The summed E-state index contributed by atoms with van der Waals surface area (Å²) in [6.07, 6.45) is 2.30. The number of rotatable bonds is 21. The van der Waals surface area contributed by atoms with Gasteiger partial charge in [0.2, 0.25) is 29.5 Å². The molecule has 0 bridgehead atoms. The lowest BCUT2D eigenvalue weighted by Crippen LogP contribution is -2.57. The molecule has 366 valence electrons. The summed E-state index contributed by atoms with van der Waals surface area (Å²) in [5.74, 6) is -3.38. The summed E-state index contributed by atoms with van der Waals surface area (Å²) in [7, 11) is 0. The molecule has 1 heterocycles. The average molecular weight is 937 g/mol. The Balaban J connectivity index is 1.17. The molecule has 0 unspecified atom stereocenters. The number of anilines is 1. The van der Waals surface area contributed by atoms with Gasteiger partial charge in [0.15, 0.2) is 11.6 Å². The predicted molar refractivity (Wildman–Crippen MR) is 258 cm³/mol. The number of carbonyl (C=O) groups excluding carboxylic acids is 8. The molecule has 0 aromatic heterocycles. The van der Waals surface area contributed by atoms with Crippen LogP contribution in [-0.4, -0.2) is 119 Å². The molecule has 2 aliphatic rings. The molecule has 68 heavy (non-hydrogen) atoms. The van der Waals surface area contributed by atoms with Gasteiger partial charge in [-0.1, -0.05) is 75.7 Å². The quantitative estimate of drug-likeness (QED) is 0.0656. The standard InChI is InChI=1S/C51H68N8O9/c1-8-14-39(57-46(63)37(53)28-32-20-22-33(23-21-32)68-51(5,6)7)47(64)55-29-42(60)56-40(27-30(2)3)49(66)58-25-12-19-41(58)50(67)59(48(65)31(4)52)26-13-24-54-38-18-11-17-36-43(38)45(62)35-16-10-9-15-34(35)44(36)61/h9-11,15-18,20-23,30-31,37,39-41,54H,8,12-14,19,24-29,52-53H2,1-7H3,(H,55,64)(H,56,60)(H,57,63)/t31-,37-,39-,40-,41-/m0/s1. The number of amides is 6. The molecule has 3 aromatic carbocycles. The van der Waals surface area contributed by atoms with E-state index in [0.717, 1.165) is 10.5 Å². The highest BCUT2D eigenvalue weighted by atomic mass is 16.5. The molecule has 0 saturated carbocycles. The Labute approximate surface area is 398 Å². The number of nitrogens with one attached hydrogen (secondary N) is 4. The van der Waals surface area contributed by atoms with Gasteiger partial charge in [-0.2, -0.15) is 0 Å². The van der Waals surface area contributed by atoms with Crippen LogP contribution in [0.15, 0.2) is 66.7 Å². The van der Waals surface area contributed by atoms with Gasteiger partial charge in [0.25, 0.3) is 5.91 Å². The number of hydrogen-bond acceptors (Lipinski definition) is 12. The molecule has 8 N–H and O–H groups in total. The first-order valence-corrected chi connectivity index (χ1v) is 23.6. The number of carbonyl (C=O) groups is 8. The Hall–Kier alpha value is -6.46. The first kappa shape index (κ1) is 52.5. The molecule has 1 fully saturated rings. The van der Waals surface area contributed by atoms with Gasteiger partial charge >= 0.3 is 0 Å². The highest BCUT2D eigenvalue weighted by molar-refractivity contribution is 6.30. The first-order chi connectivity index (χ1) is 32.2. The molecule has 5 rings (SSSR count). The molecule has 1 saturated heterocycles. The van der Waals surface area contributed by atoms with Crippen molar-refractivity contribution in [3.63, 3.8) is 0 Å². The van der Waals surface area contributed by atoms with Crippen LogP contribution in [0.5, 0.6) is 5.75 Å². The molecule has 5 atom stereocenters. The molecule has 1 aliphatic carbocycles. The fourth-order valence-corrected chi connectivity index (χ4v) is 8.45. The van der Waals surface area contributed by atoms with Gasteiger partial charge in [0, 0.05) is 42.0 Å². The van der Waals surface area contributed by atoms with E-state index >= 15 is 0 Å². The zero-order chi connectivity index (χ0) is 49.9. The summed E-state index contributed by atoms with van der Waals surface area (Å²) in [4.78, 5) is 111. The van der Waals surface area contributed by atoms with E-state index in [9.17, 15) is 38.4 Å². The first-order valence-electron chi connectivity index (χ1n) is 23.6. The third kappa shape index (κ3) is 13.6. The second-order valence-electron chi connectivity index (χ2n) is 19.0. The summed E-state index contributed by atoms with van der Waals surface area (Å²) in [6.45, 7) is 12.8. The number of likely N-dealkylation sites (tertiary alicyclic amines) is 1. The van der Waals surface area contributed by atoms with Crippen molar-refractivity contribution >= 4 is 52.7 Å². The second kappa shape index (κ2) is 23.5. The molecular weight excluding hydrogens is 869 g/mol. The maximum Gasteiger partial charge on any atom is 0.252 e. The molecule has 0 radical (unpaired) electrons. The SMILES string of the molecule is CCC[C@H](NC(=O)[C@@H](N)Cc1ccc(OC(C)(C)C)cc1)C(=O)NCC(=O)N[C@@H](CC(C)C)C(=O)N1CCC[C@H]1C(=O)N(CCCNc1cccc2c1C(=O)c1ccccc1C2=O)C(=O)[C@H](C)N. The van der Waals surface area contributed by atoms with E-state index in [4.69, 9.17) is 16.2 Å². The minimum Gasteiger partial charge on any atom is -0.488 e. The fourth-order valence-electron chi connectivity index (χ4n) is 8.45. The van der Waals surface area contributed by atoms with Crippen molar-refractivity contribution in [1.29, 1.82) is 0 Å². The maximum absolute atomic E-state index is 14.3. The van der Waals surface area contributed by atoms with Crippen LogP contribution >= 0.6 is 0 Å². The lowest BCUT2D eigenvalue weighted by atomic mass is 9.83.